The number of rotatable bonds is 3. The minimum absolute atomic E-state index is 0.269. The number of nitrogens with one attached hydrogen (secondary N) is 1. The molecule has 1 amide bonds. The number of carboxylic acid groups (broad SMARTS) is 2. The lowest BCUT2D eigenvalue weighted by Gasteiger charge is -2.21. The molecule has 2 aliphatic rings. The highest BCUT2D eigenvalue weighted by Gasteiger charge is 2.34. The van der Waals surface area contributed by atoms with Crippen molar-refractivity contribution in [2.24, 2.45) is 0 Å². The molecule has 1 aromatic carbocycles. The van der Waals surface area contributed by atoms with Crippen LogP contribution < -0.4 is 5.32 Å². The van der Waals surface area contributed by atoms with Crippen molar-refractivity contribution in [3.05, 3.63) is 35.6 Å². The zero-order chi connectivity index (χ0) is 18.4. The van der Waals surface area contributed by atoms with Crippen molar-refractivity contribution in [3.8, 4) is 0 Å². The van der Waals surface area contributed by atoms with Gasteiger partial charge in [-0.1, -0.05) is 0 Å². The Morgan fingerprint density at radius 2 is 1.72 bits per heavy atom. The quantitative estimate of drug-likeness (QED) is 0.758. The van der Waals surface area contributed by atoms with Crippen molar-refractivity contribution >= 4 is 17.8 Å². The summed E-state index contributed by atoms with van der Waals surface area (Å²) in [7, 11) is 0. The van der Waals surface area contributed by atoms with Crippen LogP contribution >= 0.6 is 0 Å². The van der Waals surface area contributed by atoms with Crippen LogP contribution in [0, 0.1) is 5.82 Å². The van der Waals surface area contributed by atoms with E-state index in [2.05, 4.69) is 5.32 Å². The Labute approximate surface area is 144 Å². The molecule has 2 saturated heterocycles. The number of likely N-dealkylation sites (tertiary alicyclic amines) is 1. The number of carbonyl (C=O) groups excluding carboxylic acids is 1. The first kappa shape index (κ1) is 18.9. The third kappa shape index (κ3) is 4.99. The summed E-state index contributed by atoms with van der Waals surface area (Å²) in [6.45, 7) is 1.30. The van der Waals surface area contributed by atoms with Crippen LogP contribution in [0.4, 0.5) is 4.39 Å². The fraction of sp³-hybridized carbons (Fsp3) is 0.471. The van der Waals surface area contributed by atoms with Gasteiger partial charge >= 0.3 is 11.9 Å². The average Bonchev–Trinajstić information content (AvgIpc) is 3.27. The summed E-state index contributed by atoms with van der Waals surface area (Å²) < 4.78 is 12.7. The van der Waals surface area contributed by atoms with E-state index in [4.69, 9.17) is 10.2 Å². The van der Waals surface area contributed by atoms with Gasteiger partial charge in [0.2, 0.25) is 0 Å². The summed E-state index contributed by atoms with van der Waals surface area (Å²) in [4.78, 5) is 34.4. The van der Waals surface area contributed by atoms with E-state index in [1.54, 1.807) is 0 Å². The number of amides is 1. The van der Waals surface area contributed by atoms with Gasteiger partial charge in [0.15, 0.2) is 0 Å². The van der Waals surface area contributed by atoms with Crippen LogP contribution in [-0.4, -0.2) is 58.1 Å². The number of benzene rings is 1. The van der Waals surface area contributed by atoms with Gasteiger partial charge in [0.1, 0.15) is 17.9 Å². The first-order valence-corrected chi connectivity index (χ1v) is 8.15. The normalized spacial score (nSPS) is 22.2. The molecule has 0 saturated carbocycles. The number of carboxylic acids is 2. The van der Waals surface area contributed by atoms with Crippen LogP contribution in [0.15, 0.2) is 24.3 Å². The van der Waals surface area contributed by atoms with Gasteiger partial charge in [0.25, 0.3) is 5.91 Å². The van der Waals surface area contributed by atoms with E-state index in [1.165, 1.54) is 29.2 Å². The Morgan fingerprint density at radius 1 is 1.04 bits per heavy atom. The molecule has 3 N–H and O–H groups in total. The third-order valence-electron chi connectivity index (χ3n) is 4.25. The molecule has 1 aromatic rings. The Kier molecular flexibility index (Phi) is 6.46. The standard InChI is InChI=1S/C12H12FNO3.C5H9NO2/c13-9-5-3-8(4-6-9)11(15)14-7-1-2-10(14)12(16)17;7-5(8)4-2-1-3-6-4/h3-6,10H,1-2,7H2,(H,16,17);4,6H,1-3H2,(H,7,8)/t10-;4-/m00/s1. The fourth-order valence-corrected chi connectivity index (χ4v) is 2.92. The largest absolute Gasteiger partial charge is 0.480 e. The second-order valence-electron chi connectivity index (χ2n) is 5.99. The average molecular weight is 352 g/mol. The molecule has 25 heavy (non-hydrogen) atoms. The van der Waals surface area contributed by atoms with Crippen LogP contribution in [0.1, 0.15) is 36.0 Å². The van der Waals surface area contributed by atoms with Crippen molar-refractivity contribution in [3.63, 3.8) is 0 Å². The highest BCUT2D eigenvalue weighted by atomic mass is 19.1. The molecular formula is C17H21FN2O5. The highest BCUT2D eigenvalue weighted by molar-refractivity contribution is 5.96. The van der Waals surface area contributed by atoms with Gasteiger partial charge in [-0.3, -0.25) is 9.59 Å². The Balaban J connectivity index is 0.000000236. The first-order valence-electron chi connectivity index (χ1n) is 8.15. The zero-order valence-electron chi connectivity index (χ0n) is 13.7. The maximum absolute atomic E-state index is 12.7. The second kappa shape index (κ2) is 8.57. The fourth-order valence-electron chi connectivity index (χ4n) is 2.92. The van der Waals surface area contributed by atoms with Gasteiger partial charge in [-0.2, -0.15) is 0 Å². The predicted octanol–water partition coefficient (Wildman–Crippen LogP) is 1.34. The molecule has 0 bridgehead atoms. The van der Waals surface area contributed by atoms with Crippen LogP contribution in [-0.2, 0) is 9.59 Å². The van der Waals surface area contributed by atoms with Crippen LogP contribution in [0.3, 0.4) is 0 Å². The van der Waals surface area contributed by atoms with Gasteiger partial charge in [0.05, 0.1) is 0 Å². The van der Waals surface area contributed by atoms with E-state index in [9.17, 15) is 18.8 Å². The molecule has 0 unspecified atom stereocenters. The topological polar surface area (TPSA) is 107 Å². The van der Waals surface area contributed by atoms with Crippen molar-refractivity contribution in [2.45, 2.75) is 37.8 Å². The summed E-state index contributed by atoms with van der Waals surface area (Å²) >= 11 is 0. The van der Waals surface area contributed by atoms with Crippen LogP contribution in [0.25, 0.3) is 0 Å². The summed E-state index contributed by atoms with van der Waals surface area (Å²) in [5.74, 6) is -2.48. The molecule has 8 heteroatoms. The van der Waals surface area contributed by atoms with Gasteiger partial charge in [0, 0.05) is 12.1 Å². The van der Waals surface area contributed by atoms with Gasteiger partial charge in [-0.15, -0.1) is 0 Å². The predicted molar refractivity (Wildman–Crippen MR) is 86.8 cm³/mol. The van der Waals surface area contributed by atoms with Gasteiger partial charge in [-0.25, -0.2) is 9.18 Å². The maximum atomic E-state index is 12.7. The van der Waals surface area contributed by atoms with E-state index in [-0.39, 0.29) is 11.9 Å². The van der Waals surface area contributed by atoms with Gasteiger partial charge in [-0.05, 0) is 56.5 Å². The summed E-state index contributed by atoms with van der Waals surface area (Å²) in [5.41, 5.74) is 0.319. The molecular weight excluding hydrogens is 331 g/mol. The second-order valence-corrected chi connectivity index (χ2v) is 5.99. The van der Waals surface area contributed by atoms with Gasteiger partial charge < -0.3 is 20.4 Å². The lowest BCUT2D eigenvalue weighted by molar-refractivity contribution is -0.141. The Hall–Kier alpha value is -2.48. The zero-order valence-corrected chi connectivity index (χ0v) is 13.7. The third-order valence-corrected chi connectivity index (χ3v) is 4.25. The van der Waals surface area contributed by atoms with E-state index >= 15 is 0 Å². The van der Waals surface area contributed by atoms with Crippen LogP contribution in [0.2, 0.25) is 0 Å². The lowest BCUT2D eigenvalue weighted by Crippen LogP contribution is -2.40. The number of carbonyl (C=O) groups is 3. The SMILES string of the molecule is O=C(O)[C@@H]1CCCN1.O=C(O)[C@@H]1CCCN1C(=O)c1ccc(F)cc1. The molecule has 0 aliphatic carbocycles. The summed E-state index contributed by atoms with van der Waals surface area (Å²) in [6.07, 6.45) is 2.94. The van der Waals surface area contributed by atoms with Crippen molar-refractivity contribution in [1.29, 1.82) is 0 Å². The maximum Gasteiger partial charge on any atom is 0.326 e. The highest BCUT2D eigenvalue weighted by Crippen LogP contribution is 2.20. The van der Waals surface area contributed by atoms with Crippen molar-refractivity contribution < 1.29 is 29.0 Å². The van der Waals surface area contributed by atoms with E-state index in [1.807, 2.05) is 0 Å². The molecule has 0 spiro atoms. The Bertz CT molecular complexity index is 628. The molecule has 2 atom stereocenters. The number of hydrogen-bond acceptors (Lipinski definition) is 4. The molecule has 0 radical (unpaired) electrons. The number of halogens is 1. The van der Waals surface area contributed by atoms with E-state index < -0.39 is 23.8 Å². The molecule has 7 nitrogen and oxygen atoms in total. The first-order chi connectivity index (χ1) is 11.9. The molecule has 136 valence electrons. The molecule has 2 fully saturated rings. The lowest BCUT2D eigenvalue weighted by atomic mass is 10.1. The number of nitrogens with zero attached hydrogens (tertiary/aromatic N) is 1. The summed E-state index contributed by atoms with van der Waals surface area (Å²) in [5, 5.41) is 20.2. The monoisotopic (exact) mass is 352 g/mol. The van der Waals surface area contributed by atoms with Crippen molar-refractivity contribution in [2.75, 3.05) is 13.1 Å². The minimum atomic E-state index is -0.988. The smallest absolute Gasteiger partial charge is 0.326 e. The van der Waals surface area contributed by atoms with Crippen molar-refractivity contribution in [1.82, 2.24) is 10.2 Å². The number of hydrogen-bond donors (Lipinski definition) is 3. The number of aliphatic carboxylic acids is 2. The van der Waals surface area contributed by atoms with Crippen LogP contribution in [0.5, 0.6) is 0 Å². The Morgan fingerprint density at radius 3 is 2.20 bits per heavy atom. The van der Waals surface area contributed by atoms with E-state index in [0.717, 1.165) is 19.4 Å². The molecule has 2 aliphatic heterocycles. The molecule has 0 aromatic heterocycles. The van der Waals surface area contributed by atoms with E-state index in [0.29, 0.717) is 24.9 Å². The minimum Gasteiger partial charge on any atom is -0.480 e. The summed E-state index contributed by atoms with van der Waals surface area (Å²) in [6, 6.07) is 4.10. The molecule has 2 heterocycles. The molecule has 3 rings (SSSR count).